The molecule has 0 aromatic heterocycles. The molecule has 8 atom stereocenters. The summed E-state index contributed by atoms with van der Waals surface area (Å²) in [7, 11) is 0. The van der Waals surface area contributed by atoms with Crippen LogP contribution in [0.2, 0.25) is 0 Å². The number of hydrogen-bond acceptors (Lipinski definition) is 8. The molecular weight excluding hydrogens is 464 g/mol. The lowest BCUT2D eigenvalue weighted by atomic mass is 9.39. The molecule has 2 aliphatic heterocycles. The smallest absolute Gasteiger partial charge is 0.210 e. The van der Waals surface area contributed by atoms with Crippen LogP contribution in [0.15, 0.2) is 71.3 Å². The number of aliphatic hydroxyl groups is 4. The first-order valence-corrected chi connectivity index (χ1v) is 12.1. The predicted octanol–water partition coefficient (Wildman–Crippen LogP) is 3.25. The Balaban J connectivity index is 1.93. The van der Waals surface area contributed by atoms with Gasteiger partial charge in [-0.05, 0) is 53.7 Å². The topological polar surface area (TPSA) is 134 Å². The van der Waals surface area contributed by atoms with Gasteiger partial charge in [0.1, 0.15) is 22.7 Å². The highest BCUT2D eigenvalue weighted by atomic mass is 16.8. The molecule has 2 saturated heterocycles. The van der Waals surface area contributed by atoms with Crippen LogP contribution in [0.4, 0.5) is 0 Å². The summed E-state index contributed by atoms with van der Waals surface area (Å²) in [6, 6.07) is 0. The van der Waals surface area contributed by atoms with Crippen molar-refractivity contribution in [3.63, 3.8) is 0 Å². The second-order valence-electron chi connectivity index (χ2n) is 11.0. The molecule has 3 aliphatic carbocycles. The van der Waals surface area contributed by atoms with E-state index in [1.165, 1.54) is 39.8 Å². The van der Waals surface area contributed by atoms with Gasteiger partial charge in [-0.2, -0.15) is 0 Å². The summed E-state index contributed by atoms with van der Waals surface area (Å²) in [5, 5.41) is 46.6. The number of carbonyl (C=O) groups is 2. The van der Waals surface area contributed by atoms with E-state index in [2.05, 4.69) is 0 Å². The average molecular weight is 497 g/mol. The molecule has 2 unspecified atom stereocenters. The molecule has 8 bridgehead atoms. The fourth-order valence-electron chi connectivity index (χ4n) is 7.94. The quantitative estimate of drug-likeness (QED) is 0.265. The van der Waals surface area contributed by atoms with Crippen molar-refractivity contribution in [2.45, 2.75) is 64.3 Å². The maximum Gasteiger partial charge on any atom is 0.210 e. The summed E-state index contributed by atoms with van der Waals surface area (Å²) in [6.07, 6.45) is 12.6. The third-order valence-corrected chi connectivity index (χ3v) is 9.41. The van der Waals surface area contributed by atoms with E-state index in [0.29, 0.717) is 0 Å². The molecule has 0 amide bonds. The Morgan fingerprint density at radius 1 is 0.694 bits per heavy atom. The average Bonchev–Trinajstić information content (AvgIpc) is 3.12. The summed E-state index contributed by atoms with van der Waals surface area (Å²) < 4.78 is 12.5. The van der Waals surface area contributed by atoms with Gasteiger partial charge in [-0.1, -0.05) is 36.5 Å². The van der Waals surface area contributed by atoms with Crippen LogP contribution in [0.1, 0.15) is 41.5 Å². The molecule has 0 spiro atoms. The zero-order chi connectivity index (χ0) is 26.7. The number of rotatable bonds is 4. The van der Waals surface area contributed by atoms with Crippen molar-refractivity contribution in [2.75, 3.05) is 0 Å². The normalized spacial score (nSPS) is 51.8. The van der Waals surface area contributed by atoms with Crippen molar-refractivity contribution in [1.29, 1.82) is 0 Å². The van der Waals surface area contributed by atoms with E-state index in [9.17, 15) is 30.0 Å². The molecule has 0 aromatic carbocycles. The Kier molecular flexibility index (Phi) is 4.81. The molecular formula is C28H32O8. The van der Waals surface area contributed by atoms with E-state index in [4.69, 9.17) is 9.47 Å². The zero-order valence-electron chi connectivity index (χ0n) is 21.2. The molecule has 0 aromatic rings. The molecule has 5 aliphatic rings. The van der Waals surface area contributed by atoms with Gasteiger partial charge >= 0.3 is 0 Å². The van der Waals surface area contributed by atoms with Gasteiger partial charge in [0.2, 0.25) is 11.6 Å². The van der Waals surface area contributed by atoms with E-state index in [-0.39, 0.29) is 22.7 Å². The summed E-state index contributed by atoms with van der Waals surface area (Å²) in [4.78, 5) is 28.7. The first kappa shape index (κ1) is 24.9. The van der Waals surface area contributed by atoms with Gasteiger partial charge in [0.05, 0.1) is 10.8 Å². The van der Waals surface area contributed by atoms with Crippen molar-refractivity contribution in [3.8, 4) is 0 Å². The molecule has 2 heterocycles. The van der Waals surface area contributed by atoms with E-state index in [0.717, 1.165) is 0 Å². The van der Waals surface area contributed by atoms with Crippen LogP contribution in [0.5, 0.6) is 0 Å². The highest BCUT2D eigenvalue weighted by molar-refractivity contribution is 6.13. The van der Waals surface area contributed by atoms with Crippen molar-refractivity contribution < 1.29 is 39.5 Å². The lowest BCUT2D eigenvalue weighted by Crippen LogP contribution is -2.74. The highest BCUT2D eigenvalue weighted by Crippen LogP contribution is 2.83. The Hall–Kier alpha value is -2.78. The number of ether oxygens (including phenoxy) is 2. The fraction of sp³-hybridized carbons (Fsp3) is 0.500. The minimum absolute atomic E-state index is 0.113. The van der Waals surface area contributed by atoms with Crippen LogP contribution >= 0.6 is 0 Å². The van der Waals surface area contributed by atoms with E-state index >= 15 is 0 Å². The molecule has 3 saturated carbocycles. The predicted molar refractivity (Wildman–Crippen MR) is 129 cm³/mol. The van der Waals surface area contributed by atoms with Crippen LogP contribution < -0.4 is 0 Å². The molecule has 5 fully saturated rings. The maximum absolute atomic E-state index is 14.3. The van der Waals surface area contributed by atoms with Gasteiger partial charge in [0.15, 0.2) is 11.6 Å². The van der Waals surface area contributed by atoms with Crippen LogP contribution in [0.3, 0.4) is 0 Å². The van der Waals surface area contributed by atoms with Crippen LogP contribution in [-0.2, 0) is 19.1 Å². The van der Waals surface area contributed by atoms with E-state index < -0.39 is 57.0 Å². The first-order valence-electron chi connectivity index (χ1n) is 12.1. The summed E-state index contributed by atoms with van der Waals surface area (Å²) in [6.45, 7) is 9.48. The maximum atomic E-state index is 14.3. The first-order chi connectivity index (χ1) is 16.7. The Morgan fingerprint density at radius 3 is 1.33 bits per heavy atom. The number of allylic oxidation sites excluding steroid dienone is 8. The molecule has 8 nitrogen and oxygen atoms in total. The summed E-state index contributed by atoms with van der Waals surface area (Å²) in [5.74, 6) is -9.12. The molecule has 4 N–H and O–H groups in total. The van der Waals surface area contributed by atoms with Crippen molar-refractivity contribution in [2.24, 2.45) is 22.7 Å². The molecule has 5 rings (SSSR count). The van der Waals surface area contributed by atoms with Crippen molar-refractivity contribution in [1.82, 2.24) is 0 Å². The van der Waals surface area contributed by atoms with Gasteiger partial charge in [-0.15, -0.1) is 0 Å². The van der Waals surface area contributed by atoms with Gasteiger partial charge < -0.3 is 29.9 Å². The lowest BCUT2D eigenvalue weighted by Gasteiger charge is -2.58. The second kappa shape index (κ2) is 6.95. The van der Waals surface area contributed by atoms with Gasteiger partial charge in [0, 0.05) is 23.0 Å². The largest absolute Gasteiger partial charge is 0.508 e. The van der Waals surface area contributed by atoms with Gasteiger partial charge in [-0.25, -0.2) is 0 Å². The minimum atomic E-state index is -2.26. The van der Waals surface area contributed by atoms with Crippen LogP contribution in [0, 0.1) is 22.7 Å². The molecule has 8 heteroatoms. The Bertz CT molecular complexity index is 1190. The summed E-state index contributed by atoms with van der Waals surface area (Å²) in [5.41, 5.74) is -7.52. The van der Waals surface area contributed by atoms with E-state index in [1.807, 2.05) is 0 Å². The minimum Gasteiger partial charge on any atom is -0.508 e. The number of Topliss-reactive ketones (excluding diaryl/α,β-unsaturated/α-hetero) is 2. The SMILES string of the molecule is C\C=C/C=C/C(O)=C1\C(=O)[C@@]2(C)C3\C(=C(O)/C=C/C=C/C)C(=O)[C@@]4(C)C1[C@]1(C)O[C@@]4(O)[C@@]3(C)O[C@@]12O. The number of hydrogen-bond donors (Lipinski definition) is 4. The third kappa shape index (κ3) is 2.15. The lowest BCUT2D eigenvalue weighted by molar-refractivity contribution is -0.450. The van der Waals surface area contributed by atoms with Crippen LogP contribution in [0.25, 0.3) is 0 Å². The Morgan fingerprint density at radius 2 is 1.03 bits per heavy atom. The van der Waals surface area contributed by atoms with Gasteiger partial charge in [-0.3, -0.25) is 9.59 Å². The third-order valence-electron chi connectivity index (χ3n) is 9.41. The number of aliphatic hydroxyl groups excluding tert-OH is 2. The summed E-state index contributed by atoms with van der Waals surface area (Å²) >= 11 is 0. The van der Waals surface area contributed by atoms with Crippen molar-refractivity contribution in [3.05, 3.63) is 71.3 Å². The Labute approximate surface area is 209 Å². The monoisotopic (exact) mass is 496 g/mol. The molecule has 192 valence electrons. The number of carbonyl (C=O) groups excluding carboxylic acids is 2. The van der Waals surface area contributed by atoms with Gasteiger partial charge in [0.25, 0.3) is 0 Å². The van der Waals surface area contributed by atoms with E-state index in [1.54, 1.807) is 50.3 Å². The second-order valence-corrected chi connectivity index (χ2v) is 11.0. The van der Waals surface area contributed by atoms with Crippen LogP contribution in [-0.4, -0.2) is 54.8 Å². The highest BCUT2D eigenvalue weighted by Gasteiger charge is 2.99. The zero-order valence-corrected chi connectivity index (χ0v) is 21.2. The van der Waals surface area contributed by atoms with Crippen molar-refractivity contribution >= 4 is 11.6 Å². The molecule has 0 radical (unpaired) electrons. The molecule has 36 heavy (non-hydrogen) atoms. The standard InChI is InChI=1S/C28H32O8/c1-7-9-11-13-15(29)17-19-23(3)22(32)18(16(30)14-12-10-8-2)20-24(4,21(17)31)28(34)25(19,5)35-27(23,33)26(20,6)36-28/h7-14,19-20,29-30,33-34H,1-6H3/b9-7-,10-8+,13-11+,14-12+,17-15+,18-16-/t19?,20?,23-,24-,25+,26+,27-,28-/m1/s1. The number of ketones is 2. The fourth-order valence-corrected chi connectivity index (χ4v) is 7.94.